The van der Waals surface area contributed by atoms with Crippen LogP contribution >= 0.6 is 24.4 Å². The lowest BCUT2D eigenvalue weighted by molar-refractivity contribution is 0.528. The van der Waals surface area contributed by atoms with Crippen LogP contribution in [0.5, 0.6) is 0 Å². The largest absolute Gasteiger partial charge is 0.233 e. The van der Waals surface area contributed by atoms with Gasteiger partial charge in [-0.15, -0.1) is 0 Å². The molecule has 2 nitrogen and oxygen atoms in total. The molecule has 12 heavy (non-hydrogen) atoms. The molecule has 0 aliphatic carbocycles. The van der Waals surface area contributed by atoms with Crippen LogP contribution in [0.2, 0.25) is 0 Å². The number of hydrogen-bond acceptors (Lipinski definition) is 4. The number of thiocarbonyl (C=S) groups is 2. The zero-order valence-corrected chi connectivity index (χ0v) is 8.75. The highest BCUT2D eigenvalue weighted by Crippen LogP contribution is 2.05. The zero-order chi connectivity index (χ0) is 9.23. The number of nitrogens with zero attached hydrogens (tertiary/aromatic N) is 2. The van der Waals surface area contributed by atoms with Crippen molar-refractivity contribution in [1.82, 2.24) is 0 Å². The topological polar surface area (TPSA) is 24.7 Å². The first kappa shape index (κ1) is 11.6. The standard InChI is InChI=1S/C8H12N2S2/c1-8(5-10-7-12)3-2-4-9-6-11/h8H,2-5H2,1H3. The van der Waals surface area contributed by atoms with E-state index in [0.29, 0.717) is 5.92 Å². The molecule has 0 spiro atoms. The van der Waals surface area contributed by atoms with Gasteiger partial charge in [0.05, 0.1) is 16.9 Å². The Hall–Kier alpha value is -0.400. The SMILES string of the molecule is CC(CCCN=C=S)CN=C=S. The van der Waals surface area contributed by atoms with E-state index in [1.165, 1.54) is 0 Å². The molecule has 0 aliphatic heterocycles. The van der Waals surface area contributed by atoms with Crippen LogP contribution in [0, 0.1) is 5.92 Å². The minimum atomic E-state index is 0.556. The Morgan fingerprint density at radius 3 is 2.50 bits per heavy atom. The highest BCUT2D eigenvalue weighted by molar-refractivity contribution is 7.78. The normalized spacial score (nSPS) is 11.1. The van der Waals surface area contributed by atoms with Crippen molar-refractivity contribution in [1.29, 1.82) is 0 Å². The molecule has 0 radical (unpaired) electrons. The van der Waals surface area contributed by atoms with Crippen LogP contribution in [0.1, 0.15) is 19.8 Å². The van der Waals surface area contributed by atoms with Gasteiger partial charge in [-0.3, -0.25) is 0 Å². The van der Waals surface area contributed by atoms with Crippen LogP contribution in [0.4, 0.5) is 0 Å². The number of isothiocyanates is 2. The molecule has 1 atom stereocenters. The van der Waals surface area contributed by atoms with E-state index in [2.05, 4.69) is 51.7 Å². The first-order valence-electron chi connectivity index (χ1n) is 3.88. The predicted molar refractivity (Wildman–Crippen MR) is 58.2 cm³/mol. The van der Waals surface area contributed by atoms with Crippen LogP contribution in [-0.4, -0.2) is 23.4 Å². The maximum absolute atomic E-state index is 4.47. The zero-order valence-electron chi connectivity index (χ0n) is 7.12. The summed E-state index contributed by atoms with van der Waals surface area (Å²) < 4.78 is 0. The minimum absolute atomic E-state index is 0.556. The van der Waals surface area contributed by atoms with Gasteiger partial charge in [-0.25, -0.2) is 9.98 Å². The summed E-state index contributed by atoms with van der Waals surface area (Å²) in [6.45, 7) is 3.68. The minimum Gasteiger partial charge on any atom is -0.233 e. The third kappa shape index (κ3) is 7.70. The van der Waals surface area contributed by atoms with Crippen LogP contribution < -0.4 is 0 Å². The third-order valence-electron chi connectivity index (χ3n) is 1.50. The number of rotatable bonds is 6. The Balaban J connectivity index is 3.36. The average molecular weight is 200 g/mol. The van der Waals surface area contributed by atoms with E-state index in [0.717, 1.165) is 25.9 Å². The highest BCUT2D eigenvalue weighted by Gasteiger charge is 1.98. The molecule has 0 N–H and O–H groups in total. The monoisotopic (exact) mass is 200 g/mol. The molecule has 0 aromatic rings. The fourth-order valence-corrected chi connectivity index (χ4v) is 1.01. The highest BCUT2D eigenvalue weighted by atomic mass is 32.1. The summed E-state index contributed by atoms with van der Waals surface area (Å²) >= 11 is 8.91. The fraction of sp³-hybridized carbons (Fsp3) is 0.750. The van der Waals surface area contributed by atoms with E-state index < -0.39 is 0 Å². The first-order chi connectivity index (χ1) is 5.81. The van der Waals surface area contributed by atoms with Crippen LogP contribution in [0.3, 0.4) is 0 Å². The Morgan fingerprint density at radius 2 is 1.92 bits per heavy atom. The lowest BCUT2D eigenvalue weighted by Gasteiger charge is -2.04. The van der Waals surface area contributed by atoms with Gasteiger partial charge < -0.3 is 0 Å². The molecule has 0 heterocycles. The van der Waals surface area contributed by atoms with Gasteiger partial charge in [0.1, 0.15) is 0 Å². The second kappa shape index (κ2) is 8.69. The Bertz CT molecular complexity index is 203. The lowest BCUT2D eigenvalue weighted by Crippen LogP contribution is -1.99. The van der Waals surface area contributed by atoms with Gasteiger partial charge in [0.2, 0.25) is 0 Å². The predicted octanol–water partition coefficient (Wildman–Crippen LogP) is 2.61. The van der Waals surface area contributed by atoms with Gasteiger partial charge >= 0.3 is 0 Å². The summed E-state index contributed by atoms with van der Waals surface area (Å²) in [5, 5.41) is 4.70. The van der Waals surface area contributed by atoms with Crippen molar-refractivity contribution in [2.45, 2.75) is 19.8 Å². The van der Waals surface area contributed by atoms with Crippen LogP contribution in [-0.2, 0) is 0 Å². The van der Waals surface area contributed by atoms with Crippen LogP contribution in [0.15, 0.2) is 9.98 Å². The number of hydrogen-bond donors (Lipinski definition) is 0. The van der Waals surface area contributed by atoms with Crippen molar-refractivity contribution >= 4 is 34.8 Å². The molecule has 0 saturated heterocycles. The van der Waals surface area contributed by atoms with Crippen molar-refractivity contribution in [2.75, 3.05) is 13.1 Å². The second-order valence-corrected chi connectivity index (χ2v) is 3.02. The quantitative estimate of drug-likeness (QED) is 0.374. The Labute approximate surface area is 83.8 Å². The second-order valence-electron chi connectivity index (χ2n) is 2.65. The molecule has 4 heteroatoms. The van der Waals surface area contributed by atoms with Gasteiger partial charge in [0.15, 0.2) is 0 Å². The van der Waals surface area contributed by atoms with Crippen LogP contribution in [0.25, 0.3) is 0 Å². The summed E-state index contributed by atoms with van der Waals surface area (Å²) in [4.78, 5) is 7.69. The molecule has 66 valence electrons. The van der Waals surface area contributed by atoms with E-state index in [1.54, 1.807) is 0 Å². The van der Waals surface area contributed by atoms with Crippen molar-refractivity contribution in [3.05, 3.63) is 0 Å². The molecule has 0 bridgehead atoms. The van der Waals surface area contributed by atoms with Crippen molar-refractivity contribution in [2.24, 2.45) is 15.9 Å². The smallest absolute Gasteiger partial charge is 0.0585 e. The summed E-state index contributed by atoms with van der Waals surface area (Å²) in [7, 11) is 0. The average Bonchev–Trinajstić information content (AvgIpc) is 2.09. The van der Waals surface area contributed by atoms with Crippen molar-refractivity contribution < 1.29 is 0 Å². The summed E-state index contributed by atoms with van der Waals surface area (Å²) in [5.74, 6) is 0.556. The summed E-state index contributed by atoms with van der Waals surface area (Å²) in [5.41, 5.74) is 0. The molecule has 1 unspecified atom stereocenters. The van der Waals surface area contributed by atoms with E-state index in [1.807, 2.05) is 0 Å². The van der Waals surface area contributed by atoms with Gasteiger partial charge in [-0.2, -0.15) is 0 Å². The van der Waals surface area contributed by atoms with E-state index in [4.69, 9.17) is 0 Å². The van der Waals surface area contributed by atoms with Gasteiger partial charge in [-0.05, 0) is 43.2 Å². The molecule has 0 amide bonds. The van der Waals surface area contributed by atoms with E-state index >= 15 is 0 Å². The summed E-state index contributed by atoms with van der Waals surface area (Å²) in [6.07, 6.45) is 2.14. The molecule has 0 saturated carbocycles. The van der Waals surface area contributed by atoms with Gasteiger partial charge in [-0.1, -0.05) is 6.92 Å². The molecule has 0 aromatic heterocycles. The molecule has 0 fully saturated rings. The lowest BCUT2D eigenvalue weighted by atomic mass is 10.1. The van der Waals surface area contributed by atoms with Gasteiger partial charge in [0, 0.05) is 6.54 Å². The maximum Gasteiger partial charge on any atom is 0.0585 e. The molecule has 0 aromatic carbocycles. The molecular weight excluding hydrogens is 188 g/mol. The van der Waals surface area contributed by atoms with Gasteiger partial charge in [0.25, 0.3) is 0 Å². The summed E-state index contributed by atoms with van der Waals surface area (Å²) in [6, 6.07) is 0. The fourth-order valence-electron chi connectivity index (χ4n) is 0.849. The van der Waals surface area contributed by atoms with E-state index in [9.17, 15) is 0 Å². The molecule has 0 aliphatic rings. The Morgan fingerprint density at radius 1 is 1.25 bits per heavy atom. The van der Waals surface area contributed by atoms with Crippen molar-refractivity contribution in [3.8, 4) is 0 Å². The number of aliphatic imine (C=N–C) groups is 2. The Kier molecular flexibility index (Phi) is 8.40. The van der Waals surface area contributed by atoms with Crippen molar-refractivity contribution in [3.63, 3.8) is 0 Å². The molecular formula is C8H12N2S2. The maximum atomic E-state index is 4.47. The third-order valence-corrected chi connectivity index (χ3v) is 1.76. The van der Waals surface area contributed by atoms with E-state index in [-0.39, 0.29) is 0 Å². The molecule has 0 rings (SSSR count). The first-order valence-corrected chi connectivity index (χ1v) is 4.70.